The Morgan fingerprint density at radius 3 is 2.92 bits per heavy atom. The van der Waals surface area contributed by atoms with Crippen molar-refractivity contribution in [3.8, 4) is 11.3 Å². The smallest absolute Gasteiger partial charge is 0.271 e. The number of pyridine rings is 1. The Bertz CT molecular complexity index is 839. The zero-order chi connectivity index (χ0) is 17.3. The number of amides is 1. The third-order valence-electron chi connectivity index (χ3n) is 4.23. The molecular formula is C17H19N5O2. The number of anilines is 1. The number of likely N-dealkylation sites (N-methyl/N-ethyl adjacent to an activating group) is 1. The summed E-state index contributed by atoms with van der Waals surface area (Å²) in [5.74, 6) is 0.588. The van der Waals surface area contributed by atoms with Crippen molar-refractivity contribution in [2.75, 3.05) is 25.0 Å². The first-order chi connectivity index (χ1) is 11.5. The molecule has 1 fully saturated rings. The van der Waals surface area contributed by atoms with Crippen molar-refractivity contribution in [1.29, 1.82) is 0 Å². The highest BCUT2D eigenvalue weighted by molar-refractivity contribution is 5.87. The van der Waals surface area contributed by atoms with Gasteiger partial charge in [-0.3, -0.25) is 9.59 Å². The highest BCUT2D eigenvalue weighted by Gasteiger charge is 2.33. The maximum atomic E-state index is 12.2. The molecule has 24 heavy (non-hydrogen) atoms. The Morgan fingerprint density at radius 1 is 1.50 bits per heavy atom. The van der Waals surface area contributed by atoms with Gasteiger partial charge in [0.15, 0.2) is 0 Å². The summed E-state index contributed by atoms with van der Waals surface area (Å²) in [6, 6.07) is 3.73. The first kappa shape index (κ1) is 15.9. The number of nitrogens with zero attached hydrogens (tertiary/aromatic N) is 4. The Kier molecular flexibility index (Phi) is 4.16. The Balaban J connectivity index is 1.83. The molecule has 3 heterocycles. The van der Waals surface area contributed by atoms with Crippen LogP contribution < -0.4 is 10.5 Å². The van der Waals surface area contributed by atoms with E-state index < -0.39 is 0 Å². The molecule has 1 amide bonds. The zero-order valence-electron chi connectivity index (χ0n) is 13.7. The molecule has 7 heteroatoms. The van der Waals surface area contributed by atoms with Crippen LogP contribution in [0.1, 0.15) is 5.82 Å². The van der Waals surface area contributed by atoms with Gasteiger partial charge in [0.05, 0.1) is 11.7 Å². The standard InChI is InChI=1S/C17H19N5O2/c1-4-16(23)22-9-13(10-22)21(3)15-7-12(8-19-17(15)24)14-5-6-18-11(2)20-14/h4-8,13H,1,9-10H2,2-3H3,(H,19,24). The normalized spacial score (nSPS) is 14.2. The lowest BCUT2D eigenvalue weighted by Crippen LogP contribution is -2.60. The number of hydrogen-bond acceptors (Lipinski definition) is 5. The highest BCUT2D eigenvalue weighted by Crippen LogP contribution is 2.23. The monoisotopic (exact) mass is 325 g/mol. The summed E-state index contributed by atoms with van der Waals surface area (Å²) >= 11 is 0. The summed E-state index contributed by atoms with van der Waals surface area (Å²) < 4.78 is 0. The van der Waals surface area contributed by atoms with Crippen molar-refractivity contribution in [2.24, 2.45) is 0 Å². The van der Waals surface area contributed by atoms with E-state index in [2.05, 4.69) is 21.5 Å². The SMILES string of the molecule is C=CC(=O)N1CC(N(C)c2cc(-c3ccnc(C)n3)c[nH]c2=O)C1. The van der Waals surface area contributed by atoms with Gasteiger partial charge < -0.3 is 14.8 Å². The second-order valence-corrected chi connectivity index (χ2v) is 5.80. The van der Waals surface area contributed by atoms with Crippen LogP contribution in [0.4, 0.5) is 5.69 Å². The van der Waals surface area contributed by atoms with Crippen molar-refractivity contribution in [2.45, 2.75) is 13.0 Å². The number of nitrogens with one attached hydrogen (secondary N) is 1. The van der Waals surface area contributed by atoms with Crippen LogP contribution in [0.15, 0.2) is 42.0 Å². The number of rotatable bonds is 4. The molecule has 2 aromatic rings. The van der Waals surface area contributed by atoms with E-state index in [0.717, 1.165) is 11.3 Å². The van der Waals surface area contributed by atoms with Crippen LogP contribution >= 0.6 is 0 Å². The number of likely N-dealkylation sites (tertiary alicyclic amines) is 1. The lowest BCUT2D eigenvalue weighted by atomic mass is 10.1. The minimum absolute atomic E-state index is 0.0845. The van der Waals surface area contributed by atoms with Gasteiger partial charge in [0.25, 0.3) is 5.56 Å². The number of aryl methyl sites for hydroxylation is 1. The van der Waals surface area contributed by atoms with E-state index in [0.29, 0.717) is 24.6 Å². The van der Waals surface area contributed by atoms with E-state index in [-0.39, 0.29) is 17.5 Å². The van der Waals surface area contributed by atoms with Gasteiger partial charge in [-0.25, -0.2) is 9.97 Å². The van der Waals surface area contributed by atoms with E-state index in [1.165, 1.54) is 6.08 Å². The van der Waals surface area contributed by atoms with Crippen LogP contribution in [0.2, 0.25) is 0 Å². The van der Waals surface area contributed by atoms with Crippen molar-refractivity contribution in [3.05, 3.63) is 53.4 Å². The zero-order valence-corrected chi connectivity index (χ0v) is 13.7. The maximum absolute atomic E-state index is 12.2. The second-order valence-electron chi connectivity index (χ2n) is 5.80. The molecule has 0 aliphatic carbocycles. The largest absolute Gasteiger partial charge is 0.364 e. The number of aromatic amines is 1. The average Bonchev–Trinajstić information content (AvgIpc) is 2.53. The van der Waals surface area contributed by atoms with Gasteiger partial charge in [0, 0.05) is 38.1 Å². The molecule has 0 atom stereocenters. The van der Waals surface area contributed by atoms with E-state index >= 15 is 0 Å². The van der Waals surface area contributed by atoms with Crippen molar-refractivity contribution in [3.63, 3.8) is 0 Å². The molecule has 1 aliphatic rings. The van der Waals surface area contributed by atoms with Crippen LogP contribution in [0.25, 0.3) is 11.3 Å². The molecule has 0 saturated carbocycles. The molecule has 1 aliphatic heterocycles. The van der Waals surface area contributed by atoms with E-state index in [4.69, 9.17) is 0 Å². The number of carbonyl (C=O) groups excluding carboxylic acids is 1. The fourth-order valence-corrected chi connectivity index (χ4v) is 2.70. The van der Waals surface area contributed by atoms with Crippen molar-refractivity contribution < 1.29 is 4.79 Å². The van der Waals surface area contributed by atoms with E-state index in [1.807, 2.05) is 24.9 Å². The van der Waals surface area contributed by atoms with E-state index in [9.17, 15) is 9.59 Å². The first-order valence-electron chi connectivity index (χ1n) is 7.66. The van der Waals surface area contributed by atoms with Gasteiger partial charge in [-0.2, -0.15) is 0 Å². The predicted molar refractivity (Wildman–Crippen MR) is 91.8 cm³/mol. The Morgan fingerprint density at radius 2 is 2.25 bits per heavy atom. The molecule has 124 valence electrons. The fourth-order valence-electron chi connectivity index (χ4n) is 2.70. The van der Waals surface area contributed by atoms with Gasteiger partial charge in [-0.05, 0) is 25.1 Å². The van der Waals surface area contributed by atoms with Gasteiger partial charge in [0.2, 0.25) is 5.91 Å². The third-order valence-corrected chi connectivity index (χ3v) is 4.23. The topological polar surface area (TPSA) is 82.2 Å². The van der Waals surface area contributed by atoms with Crippen LogP contribution in [-0.2, 0) is 4.79 Å². The molecule has 2 aromatic heterocycles. The summed E-state index contributed by atoms with van der Waals surface area (Å²) in [5, 5.41) is 0. The van der Waals surface area contributed by atoms with Gasteiger partial charge in [-0.1, -0.05) is 6.58 Å². The van der Waals surface area contributed by atoms with Crippen LogP contribution in [0.5, 0.6) is 0 Å². The average molecular weight is 325 g/mol. The van der Waals surface area contributed by atoms with Gasteiger partial charge in [-0.15, -0.1) is 0 Å². The third kappa shape index (κ3) is 2.92. The summed E-state index contributed by atoms with van der Waals surface area (Å²) in [7, 11) is 1.86. The van der Waals surface area contributed by atoms with Gasteiger partial charge >= 0.3 is 0 Å². The van der Waals surface area contributed by atoms with Crippen molar-refractivity contribution in [1.82, 2.24) is 19.9 Å². The first-order valence-corrected chi connectivity index (χ1v) is 7.66. The molecular weight excluding hydrogens is 306 g/mol. The minimum atomic E-state index is -0.166. The number of hydrogen-bond donors (Lipinski definition) is 1. The second kappa shape index (κ2) is 6.27. The Hall–Kier alpha value is -2.96. The molecule has 7 nitrogen and oxygen atoms in total. The van der Waals surface area contributed by atoms with Crippen LogP contribution in [0.3, 0.4) is 0 Å². The molecule has 1 saturated heterocycles. The molecule has 0 bridgehead atoms. The highest BCUT2D eigenvalue weighted by atomic mass is 16.2. The van der Waals surface area contributed by atoms with Gasteiger partial charge in [0.1, 0.15) is 11.5 Å². The van der Waals surface area contributed by atoms with E-state index in [1.54, 1.807) is 23.4 Å². The maximum Gasteiger partial charge on any atom is 0.271 e. The lowest BCUT2D eigenvalue weighted by Gasteiger charge is -2.44. The summed E-state index contributed by atoms with van der Waals surface area (Å²) in [5.41, 5.74) is 1.96. The quantitative estimate of drug-likeness (QED) is 0.847. The molecule has 0 spiro atoms. The Labute approximate surface area is 139 Å². The molecule has 3 rings (SSSR count). The predicted octanol–water partition coefficient (Wildman–Crippen LogP) is 0.973. The van der Waals surface area contributed by atoms with Crippen LogP contribution in [0, 0.1) is 6.92 Å². The molecule has 0 aromatic carbocycles. The minimum Gasteiger partial charge on any atom is -0.364 e. The summed E-state index contributed by atoms with van der Waals surface area (Å²) in [6.07, 6.45) is 4.65. The number of aromatic nitrogens is 3. The lowest BCUT2D eigenvalue weighted by molar-refractivity contribution is -0.130. The summed E-state index contributed by atoms with van der Waals surface area (Å²) in [6.45, 7) is 6.47. The molecule has 0 radical (unpaired) electrons. The molecule has 0 unspecified atom stereocenters. The molecule has 1 N–H and O–H groups in total. The number of carbonyl (C=O) groups is 1. The fraction of sp³-hybridized carbons (Fsp3) is 0.294. The number of H-pyrrole nitrogens is 1. The van der Waals surface area contributed by atoms with Crippen LogP contribution in [-0.4, -0.2) is 51.9 Å². The summed E-state index contributed by atoms with van der Waals surface area (Å²) in [4.78, 5) is 38.6. The van der Waals surface area contributed by atoms with Crippen molar-refractivity contribution >= 4 is 11.6 Å².